The Bertz CT molecular complexity index is 864. The Morgan fingerprint density at radius 1 is 1.21 bits per heavy atom. The van der Waals surface area contributed by atoms with E-state index >= 15 is 0 Å². The minimum Gasteiger partial charge on any atom is -0.367 e. The smallest absolute Gasteiger partial charge is 0.254 e. The van der Waals surface area contributed by atoms with Crippen LogP contribution in [0.15, 0.2) is 41.0 Å². The summed E-state index contributed by atoms with van der Waals surface area (Å²) in [6, 6.07) is 8.30. The quantitative estimate of drug-likeness (QED) is 0.607. The minimum atomic E-state index is -0.451. The zero-order valence-electron chi connectivity index (χ0n) is 14.9. The number of hydrogen-bond donors (Lipinski definition) is 2. The summed E-state index contributed by atoms with van der Waals surface area (Å²) < 4.78 is 0.905. The normalized spacial score (nSPS) is 16.1. The third kappa shape index (κ3) is 5.16. The number of pyridine rings is 1. The molecule has 6 nitrogen and oxygen atoms in total. The van der Waals surface area contributed by atoms with Gasteiger partial charge in [-0.15, -0.1) is 0 Å². The Balaban J connectivity index is 1.51. The Hall–Kier alpha value is -1.83. The average Bonchev–Trinajstić information content (AvgIpc) is 3.16. The summed E-state index contributed by atoms with van der Waals surface area (Å²) in [5, 5.41) is 6.80. The summed E-state index contributed by atoms with van der Waals surface area (Å²) in [5.41, 5.74) is 0.577. The molecule has 0 radical (unpaired) electrons. The van der Waals surface area contributed by atoms with Crippen molar-refractivity contribution in [3.05, 3.63) is 56.6 Å². The molecule has 0 saturated carbocycles. The second-order valence-corrected chi connectivity index (χ2v) is 8.12. The van der Waals surface area contributed by atoms with E-state index in [2.05, 4.69) is 31.5 Å². The van der Waals surface area contributed by atoms with Gasteiger partial charge in [0.05, 0.1) is 10.0 Å². The standard InChI is InChI=1S/C19H19BrCl2N4O2/c20-13-5-3-12(4-6-13)19(28)26-9-1-2-16(26)18(27)24-8-7-23-17-15(22)10-14(21)11-25-17/h3-6,10-11,16H,1-2,7-9H2,(H,23,25)(H,24,27). The van der Waals surface area contributed by atoms with Crippen LogP contribution in [0.4, 0.5) is 5.82 Å². The van der Waals surface area contributed by atoms with Crippen LogP contribution in [0.25, 0.3) is 0 Å². The lowest BCUT2D eigenvalue weighted by atomic mass is 10.1. The second kappa shape index (κ2) is 9.58. The van der Waals surface area contributed by atoms with E-state index < -0.39 is 6.04 Å². The number of aromatic nitrogens is 1. The van der Waals surface area contributed by atoms with E-state index in [1.165, 1.54) is 6.20 Å². The summed E-state index contributed by atoms with van der Waals surface area (Å²) in [5.74, 6) is 0.230. The Morgan fingerprint density at radius 3 is 2.68 bits per heavy atom. The van der Waals surface area contributed by atoms with E-state index in [-0.39, 0.29) is 11.8 Å². The fraction of sp³-hybridized carbons (Fsp3) is 0.316. The first-order valence-corrected chi connectivity index (χ1v) is 10.4. The van der Waals surface area contributed by atoms with E-state index in [0.29, 0.717) is 47.5 Å². The first-order valence-electron chi connectivity index (χ1n) is 8.85. The summed E-state index contributed by atoms with van der Waals surface area (Å²) in [7, 11) is 0. The number of halogens is 3. The van der Waals surface area contributed by atoms with Gasteiger partial charge in [0.25, 0.3) is 5.91 Å². The van der Waals surface area contributed by atoms with Crippen LogP contribution in [0.1, 0.15) is 23.2 Å². The highest BCUT2D eigenvalue weighted by atomic mass is 79.9. The number of hydrogen-bond acceptors (Lipinski definition) is 4. The maximum absolute atomic E-state index is 12.7. The highest BCUT2D eigenvalue weighted by Crippen LogP contribution is 2.23. The predicted octanol–water partition coefficient (Wildman–Crippen LogP) is 3.98. The minimum absolute atomic E-state index is 0.125. The summed E-state index contributed by atoms with van der Waals surface area (Å²) in [6.45, 7) is 1.42. The van der Waals surface area contributed by atoms with Crippen molar-refractivity contribution in [3.8, 4) is 0 Å². The van der Waals surface area contributed by atoms with Crippen molar-refractivity contribution in [1.29, 1.82) is 0 Å². The van der Waals surface area contributed by atoms with Crippen molar-refractivity contribution in [3.63, 3.8) is 0 Å². The largest absolute Gasteiger partial charge is 0.367 e. The van der Waals surface area contributed by atoms with E-state index in [1.807, 2.05) is 12.1 Å². The molecule has 1 saturated heterocycles. The molecule has 1 aliphatic heterocycles. The highest BCUT2D eigenvalue weighted by molar-refractivity contribution is 9.10. The van der Waals surface area contributed by atoms with Crippen LogP contribution in [0.2, 0.25) is 10.0 Å². The number of amides is 2. The molecule has 2 N–H and O–H groups in total. The van der Waals surface area contributed by atoms with Gasteiger partial charge >= 0.3 is 0 Å². The molecular weight excluding hydrogens is 467 g/mol. The molecule has 1 unspecified atom stereocenters. The molecule has 2 amide bonds. The average molecular weight is 486 g/mol. The topological polar surface area (TPSA) is 74.3 Å². The van der Waals surface area contributed by atoms with Crippen LogP contribution in [0.3, 0.4) is 0 Å². The number of rotatable bonds is 6. The lowest BCUT2D eigenvalue weighted by molar-refractivity contribution is -0.124. The molecule has 148 valence electrons. The maximum Gasteiger partial charge on any atom is 0.254 e. The molecule has 2 aromatic rings. The van der Waals surface area contributed by atoms with Gasteiger partial charge in [-0.2, -0.15) is 0 Å². The molecule has 0 aliphatic carbocycles. The SMILES string of the molecule is O=C(NCCNc1ncc(Cl)cc1Cl)C1CCCN1C(=O)c1ccc(Br)cc1. The molecule has 1 fully saturated rings. The molecule has 2 heterocycles. The molecule has 0 spiro atoms. The number of nitrogens with zero attached hydrogens (tertiary/aromatic N) is 2. The van der Waals surface area contributed by atoms with E-state index in [9.17, 15) is 9.59 Å². The molecule has 1 aliphatic rings. The summed E-state index contributed by atoms with van der Waals surface area (Å²) in [6.07, 6.45) is 2.97. The van der Waals surface area contributed by atoms with Gasteiger partial charge in [0, 0.05) is 35.9 Å². The van der Waals surface area contributed by atoms with Crippen molar-refractivity contribution >= 4 is 56.8 Å². The predicted molar refractivity (Wildman–Crippen MR) is 114 cm³/mol. The first kappa shape index (κ1) is 20.9. The van der Waals surface area contributed by atoms with Gasteiger partial charge < -0.3 is 15.5 Å². The molecule has 3 rings (SSSR count). The third-order valence-corrected chi connectivity index (χ3v) is 5.46. The summed E-state index contributed by atoms with van der Waals surface area (Å²) in [4.78, 5) is 31.1. The summed E-state index contributed by atoms with van der Waals surface area (Å²) >= 11 is 15.2. The van der Waals surface area contributed by atoms with Gasteiger partial charge in [-0.25, -0.2) is 4.98 Å². The van der Waals surface area contributed by atoms with E-state index in [1.54, 1.807) is 23.1 Å². The van der Waals surface area contributed by atoms with Crippen LogP contribution in [0.5, 0.6) is 0 Å². The fourth-order valence-corrected chi connectivity index (χ4v) is 3.78. The molecule has 1 aromatic heterocycles. The van der Waals surface area contributed by atoms with Crippen LogP contribution in [0, 0.1) is 0 Å². The van der Waals surface area contributed by atoms with Crippen LogP contribution >= 0.6 is 39.1 Å². The third-order valence-electron chi connectivity index (χ3n) is 4.43. The van der Waals surface area contributed by atoms with Crippen LogP contribution < -0.4 is 10.6 Å². The number of carbonyl (C=O) groups excluding carboxylic acids is 2. The second-order valence-electron chi connectivity index (χ2n) is 6.37. The fourth-order valence-electron chi connectivity index (χ4n) is 3.07. The molecule has 1 atom stereocenters. The van der Waals surface area contributed by atoms with E-state index in [4.69, 9.17) is 23.2 Å². The molecule has 0 bridgehead atoms. The zero-order chi connectivity index (χ0) is 20.1. The van der Waals surface area contributed by atoms with Gasteiger partial charge in [-0.05, 0) is 43.2 Å². The van der Waals surface area contributed by atoms with Crippen LogP contribution in [-0.4, -0.2) is 47.4 Å². The first-order chi connectivity index (χ1) is 13.5. The molecule has 1 aromatic carbocycles. The van der Waals surface area contributed by atoms with Crippen molar-refractivity contribution in [1.82, 2.24) is 15.2 Å². The Morgan fingerprint density at radius 2 is 1.96 bits per heavy atom. The molecule has 28 heavy (non-hydrogen) atoms. The number of benzene rings is 1. The number of anilines is 1. The molecular formula is C19H19BrCl2N4O2. The Labute approximate surface area is 181 Å². The van der Waals surface area contributed by atoms with Crippen molar-refractivity contribution < 1.29 is 9.59 Å². The van der Waals surface area contributed by atoms with Crippen LogP contribution in [-0.2, 0) is 4.79 Å². The van der Waals surface area contributed by atoms with Gasteiger partial charge in [0.2, 0.25) is 5.91 Å². The van der Waals surface area contributed by atoms with Crippen molar-refractivity contribution in [2.24, 2.45) is 0 Å². The van der Waals surface area contributed by atoms with Gasteiger partial charge in [-0.1, -0.05) is 39.1 Å². The highest BCUT2D eigenvalue weighted by Gasteiger charge is 2.34. The van der Waals surface area contributed by atoms with E-state index in [0.717, 1.165) is 10.9 Å². The van der Waals surface area contributed by atoms with Crippen molar-refractivity contribution in [2.75, 3.05) is 25.0 Å². The van der Waals surface area contributed by atoms with Crippen molar-refractivity contribution in [2.45, 2.75) is 18.9 Å². The number of likely N-dealkylation sites (tertiary alicyclic amines) is 1. The lowest BCUT2D eigenvalue weighted by Gasteiger charge is -2.24. The van der Waals surface area contributed by atoms with Gasteiger partial charge in [0.15, 0.2) is 0 Å². The zero-order valence-corrected chi connectivity index (χ0v) is 18.0. The van der Waals surface area contributed by atoms with Gasteiger partial charge in [0.1, 0.15) is 11.9 Å². The van der Waals surface area contributed by atoms with Gasteiger partial charge in [-0.3, -0.25) is 9.59 Å². The lowest BCUT2D eigenvalue weighted by Crippen LogP contribution is -2.46. The monoisotopic (exact) mass is 484 g/mol. The number of nitrogens with one attached hydrogen (secondary N) is 2. The molecule has 9 heteroatoms. The Kier molecular flexibility index (Phi) is 7.15. The maximum atomic E-state index is 12.7. The number of carbonyl (C=O) groups is 2.